The van der Waals surface area contributed by atoms with Crippen molar-refractivity contribution in [3.63, 3.8) is 0 Å². The van der Waals surface area contributed by atoms with Gasteiger partial charge in [-0.2, -0.15) is 0 Å². The molecule has 1 rings (SSSR count). The minimum Gasteiger partial charge on any atom is -0.497 e. The number of hydrogen-bond acceptors (Lipinski definition) is 4. The quantitative estimate of drug-likeness (QED) is 0.722. The molecule has 0 radical (unpaired) electrons. The molecule has 0 saturated carbocycles. The normalized spacial score (nSPS) is 10.0. The highest BCUT2D eigenvalue weighted by molar-refractivity contribution is 5.73. The fraction of sp³-hybridized carbons (Fsp3) is 0.417. The molecule has 1 amide bonds. The van der Waals surface area contributed by atoms with Gasteiger partial charge in [0.1, 0.15) is 11.5 Å². The third kappa shape index (κ3) is 4.32. The molecule has 0 heterocycles. The Labute approximate surface area is 101 Å². The van der Waals surface area contributed by atoms with Gasteiger partial charge in [0, 0.05) is 0 Å². The van der Waals surface area contributed by atoms with E-state index in [4.69, 9.17) is 20.9 Å². The Balaban J connectivity index is 2.71. The Hall–Kier alpha value is -1.75. The van der Waals surface area contributed by atoms with Crippen LogP contribution in [0.4, 0.5) is 0 Å². The highest BCUT2D eigenvalue weighted by Crippen LogP contribution is 2.24. The van der Waals surface area contributed by atoms with Crippen molar-refractivity contribution in [2.24, 2.45) is 11.5 Å². The van der Waals surface area contributed by atoms with Crippen LogP contribution < -0.4 is 20.9 Å². The number of nitrogens with two attached hydrogens (primary N) is 2. The molecule has 0 spiro atoms. The first-order valence-corrected chi connectivity index (χ1v) is 5.45. The number of amides is 1. The molecular formula is C12H18N2O3. The van der Waals surface area contributed by atoms with Crippen LogP contribution >= 0.6 is 0 Å². The maximum Gasteiger partial charge on any atom is 0.220 e. The van der Waals surface area contributed by atoms with Gasteiger partial charge in [0.2, 0.25) is 5.91 Å². The third-order valence-electron chi connectivity index (χ3n) is 2.29. The number of ether oxygens (including phenoxy) is 2. The second-order valence-corrected chi connectivity index (χ2v) is 3.58. The van der Waals surface area contributed by atoms with Gasteiger partial charge in [0.25, 0.3) is 0 Å². The lowest BCUT2D eigenvalue weighted by atomic mass is 10.1. The van der Waals surface area contributed by atoms with Crippen LogP contribution in [0, 0.1) is 0 Å². The number of benzene rings is 1. The lowest BCUT2D eigenvalue weighted by Crippen LogP contribution is -2.15. The van der Waals surface area contributed by atoms with Crippen LogP contribution in [-0.2, 0) is 11.2 Å². The van der Waals surface area contributed by atoms with Gasteiger partial charge in [-0.15, -0.1) is 0 Å². The fourth-order valence-electron chi connectivity index (χ4n) is 1.44. The summed E-state index contributed by atoms with van der Waals surface area (Å²) >= 11 is 0. The van der Waals surface area contributed by atoms with Crippen molar-refractivity contribution in [1.29, 1.82) is 0 Å². The Morgan fingerprint density at radius 3 is 2.76 bits per heavy atom. The summed E-state index contributed by atoms with van der Waals surface area (Å²) in [6.07, 6.45) is 0.900. The fourth-order valence-corrected chi connectivity index (χ4v) is 1.44. The summed E-state index contributed by atoms with van der Waals surface area (Å²) in [7, 11) is 1.61. The molecule has 5 nitrogen and oxygen atoms in total. The van der Waals surface area contributed by atoms with E-state index in [1.54, 1.807) is 13.2 Å². The topological polar surface area (TPSA) is 87.6 Å². The van der Waals surface area contributed by atoms with Gasteiger partial charge in [-0.05, 0) is 36.7 Å². The lowest BCUT2D eigenvalue weighted by molar-refractivity contribution is -0.118. The first-order chi connectivity index (χ1) is 8.17. The number of hydrogen-bond donors (Lipinski definition) is 2. The van der Waals surface area contributed by atoms with Crippen molar-refractivity contribution < 1.29 is 14.3 Å². The number of methoxy groups -OCH3 is 1. The second kappa shape index (κ2) is 6.75. The second-order valence-electron chi connectivity index (χ2n) is 3.58. The third-order valence-corrected chi connectivity index (χ3v) is 2.29. The van der Waals surface area contributed by atoms with Crippen molar-refractivity contribution in [1.82, 2.24) is 0 Å². The van der Waals surface area contributed by atoms with E-state index in [2.05, 4.69) is 0 Å². The van der Waals surface area contributed by atoms with Gasteiger partial charge < -0.3 is 20.9 Å². The number of rotatable bonds is 7. The van der Waals surface area contributed by atoms with E-state index in [0.29, 0.717) is 13.0 Å². The van der Waals surface area contributed by atoms with Crippen LogP contribution in [-0.4, -0.2) is 26.2 Å². The number of primary amides is 1. The van der Waals surface area contributed by atoms with E-state index in [1.807, 2.05) is 12.1 Å². The van der Waals surface area contributed by atoms with Gasteiger partial charge in [0.15, 0.2) is 0 Å². The molecule has 0 unspecified atom stereocenters. The molecule has 0 fully saturated rings. The molecule has 0 aliphatic heterocycles. The number of carbonyl (C=O) groups excluding carboxylic acids is 1. The van der Waals surface area contributed by atoms with Gasteiger partial charge in [0.05, 0.1) is 20.1 Å². The van der Waals surface area contributed by atoms with E-state index in [-0.39, 0.29) is 18.9 Å². The first kappa shape index (κ1) is 13.3. The van der Waals surface area contributed by atoms with Crippen LogP contribution in [0.1, 0.15) is 12.0 Å². The van der Waals surface area contributed by atoms with Crippen molar-refractivity contribution in [3.8, 4) is 11.5 Å². The maximum atomic E-state index is 10.6. The van der Waals surface area contributed by atoms with Crippen LogP contribution in [0.15, 0.2) is 18.2 Å². The highest BCUT2D eigenvalue weighted by atomic mass is 16.5. The van der Waals surface area contributed by atoms with Crippen LogP contribution in [0.3, 0.4) is 0 Å². The zero-order chi connectivity index (χ0) is 12.7. The Morgan fingerprint density at radius 2 is 2.18 bits per heavy atom. The molecule has 0 aliphatic carbocycles. The predicted octanol–water partition coefficient (Wildman–Crippen LogP) is 0.451. The van der Waals surface area contributed by atoms with Gasteiger partial charge in [-0.25, -0.2) is 0 Å². The molecule has 0 saturated heterocycles. The Bertz CT molecular complexity index is 380. The average Bonchev–Trinajstić information content (AvgIpc) is 2.31. The molecule has 0 aromatic heterocycles. The van der Waals surface area contributed by atoms with Crippen molar-refractivity contribution in [3.05, 3.63) is 23.8 Å². The summed E-state index contributed by atoms with van der Waals surface area (Å²) in [5.74, 6) is 1.10. The van der Waals surface area contributed by atoms with Crippen LogP contribution in [0.5, 0.6) is 11.5 Å². The van der Waals surface area contributed by atoms with Gasteiger partial charge in [-0.1, -0.05) is 0 Å². The van der Waals surface area contributed by atoms with Crippen molar-refractivity contribution in [2.45, 2.75) is 12.8 Å². The molecule has 5 heteroatoms. The maximum absolute atomic E-state index is 10.6. The van der Waals surface area contributed by atoms with Gasteiger partial charge >= 0.3 is 0 Å². The zero-order valence-electron chi connectivity index (χ0n) is 9.94. The van der Waals surface area contributed by atoms with E-state index in [0.717, 1.165) is 17.1 Å². The zero-order valence-corrected chi connectivity index (χ0v) is 9.94. The van der Waals surface area contributed by atoms with Crippen LogP contribution in [0.2, 0.25) is 0 Å². The van der Waals surface area contributed by atoms with Crippen LogP contribution in [0.25, 0.3) is 0 Å². The van der Waals surface area contributed by atoms with Gasteiger partial charge in [-0.3, -0.25) is 4.79 Å². The molecule has 4 N–H and O–H groups in total. The number of carbonyl (C=O) groups is 1. The largest absolute Gasteiger partial charge is 0.497 e. The molecular weight excluding hydrogens is 220 g/mol. The molecule has 0 bridgehead atoms. The minimum atomic E-state index is -0.376. The van der Waals surface area contributed by atoms with Crippen molar-refractivity contribution in [2.75, 3.05) is 20.3 Å². The SMILES string of the molecule is COc1ccc(OCCC(N)=O)c(CCN)c1. The predicted molar refractivity (Wildman–Crippen MR) is 65.1 cm³/mol. The molecule has 17 heavy (non-hydrogen) atoms. The Kier molecular flexibility index (Phi) is 5.29. The average molecular weight is 238 g/mol. The van der Waals surface area contributed by atoms with E-state index >= 15 is 0 Å². The van der Waals surface area contributed by atoms with E-state index in [1.165, 1.54) is 0 Å². The lowest BCUT2D eigenvalue weighted by Gasteiger charge is -2.11. The molecule has 1 aromatic carbocycles. The summed E-state index contributed by atoms with van der Waals surface area (Å²) in [6, 6.07) is 5.50. The standard InChI is InChI=1S/C12H18N2O3/c1-16-10-2-3-11(9(8-10)4-6-13)17-7-5-12(14)15/h2-3,8H,4-7,13H2,1H3,(H2,14,15). The summed E-state index contributed by atoms with van der Waals surface area (Å²) in [5, 5.41) is 0. The minimum absolute atomic E-state index is 0.202. The highest BCUT2D eigenvalue weighted by Gasteiger charge is 2.06. The summed E-state index contributed by atoms with van der Waals surface area (Å²) in [6.45, 7) is 0.804. The summed E-state index contributed by atoms with van der Waals surface area (Å²) < 4.78 is 10.6. The molecule has 94 valence electrons. The smallest absolute Gasteiger partial charge is 0.220 e. The first-order valence-electron chi connectivity index (χ1n) is 5.45. The Morgan fingerprint density at radius 1 is 1.41 bits per heavy atom. The molecule has 0 atom stereocenters. The van der Waals surface area contributed by atoms with Crippen molar-refractivity contribution >= 4 is 5.91 Å². The van der Waals surface area contributed by atoms with E-state index in [9.17, 15) is 4.79 Å². The molecule has 1 aromatic rings. The summed E-state index contributed by atoms with van der Waals surface area (Å²) in [5.41, 5.74) is 11.5. The molecule has 0 aliphatic rings. The van der Waals surface area contributed by atoms with E-state index < -0.39 is 0 Å². The summed E-state index contributed by atoms with van der Waals surface area (Å²) in [4.78, 5) is 10.6. The monoisotopic (exact) mass is 238 g/mol.